The molecule has 0 aliphatic heterocycles. The van der Waals surface area contributed by atoms with Crippen molar-refractivity contribution >= 4 is 11.6 Å². The van der Waals surface area contributed by atoms with Crippen LogP contribution in [0.5, 0.6) is 5.75 Å². The number of carbonyl (C=O) groups excluding carboxylic acids is 1. The van der Waals surface area contributed by atoms with E-state index in [4.69, 9.17) is 4.74 Å². The summed E-state index contributed by atoms with van der Waals surface area (Å²) in [5.74, 6) is 0.727. The van der Waals surface area contributed by atoms with Crippen LogP contribution in [0.4, 0.5) is 5.69 Å². The van der Waals surface area contributed by atoms with Gasteiger partial charge in [0, 0.05) is 25.3 Å². The molecule has 2 aromatic carbocycles. The third kappa shape index (κ3) is 4.52. The third-order valence-corrected chi connectivity index (χ3v) is 3.30. The lowest BCUT2D eigenvalue weighted by Crippen LogP contribution is -2.28. The Balaban J connectivity index is 1.80. The molecule has 0 aromatic heterocycles. The number of nitrogens with zero attached hydrogens (tertiary/aromatic N) is 1. The molecule has 22 heavy (non-hydrogen) atoms. The summed E-state index contributed by atoms with van der Waals surface area (Å²) in [6, 6.07) is 15.4. The number of amides is 1. The molecule has 4 nitrogen and oxygen atoms in total. The van der Waals surface area contributed by atoms with Crippen LogP contribution in [0.25, 0.3) is 0 Å². The van der Waals surface area contributed by atoms with Crippen LogP contribution in [0.3, 0.4) is 0 Å². The van der Waals surface area contributed by atoms with Crippen LogP contribution >= 0.6 is 0 Å². The van der Waals surface area contributed by atoms with Crippen LogP contribution in [0.1, 0.15) is 15.9 Å². The Labute approximate surface area is 131 Å². The molecular weight excluding hydrogens is 276 g/mol. The minimum Gasteiger partial charge on any atom is -0.492 e. The van der Waals surface area contributed by atoms with E-state index >= 15 is 0 Å². The van der Waals surface area contributed by atoms with Gasteiger partial charge in [-0.15, -0.1) is 0 Å². The summed E-state index contributed by atoms with van der Waals surface area (Å²) in [5, 5.41) is 2.86. The van der Waals surface area contributed by atoms with Crippen LogP contribution in [0.15, 0.2) is 48.5 Å². The fourth-order valence-electron chi connectivity index (χ4n) is 2.00. The number of benzene rings is 2. The Kier molecular flexibility index (Phi) is 5.42. The molecule has 0 aliphatic carbocycles. The average Bonchev–Trinajstić information content (AvgIpc) is 2.53. The number of aryl methyl sites for hydroxylation is 1. The lowest BCUT2D eigenvalue weighted by molar-refractivity contribution is 0.0947. The van der Waals surface area contributed by atoms with Crippen LogP contribution in [0, 0.1) is 6.92 Å². The fourth-order valence-corrected chi connectivity index (χ4v) is 2.00. The second-order valence-corrected chi connectivity index (χ2v) is 5.36. The minimum atomic E-state index is -0.0868. The van der Waals surface area contributed by atoms with Gasteiger partial charge in [0.15, 0.2) is 0 Å². The zero-order valence-corrected chi connectivity index (χ0v) is 13.3. The molecular formula is C18H22N2O2. The Morgan fingerprint density at radius 2 is 1.86 bits per heavy atom. The van der Waals surface area contributed by atoms with Crippen molar-refractivity contribution in [3.63, 3.8) is 0 Å². The summed E-state index contributed by atoms with van der Waals surface area (Å²) in [7, 11) is 3.90. The van der Waals surface area contributed by atoms with E-state index in [1.165, 1.54) is 5.56 Å². The average molecular weight is 298 g/mol. The Bertz CT molecular complexity index is 621. The van der Waals surface area contributed by atoms with Crippen molar-refractivity contribution in [2.45, 2.75) is 6.92 Å². The molecule has 0 heterocycles. The van der Waals surface area contributed by atoms with Gasteiger partial charge in [-0.3, -0.25) is 4.79 Å². The van der Waals surface area contributed by atoms with Crippen LogP contribution < -0.4 is 15.0 Å². The fraction of sp³-hybridized carbons (Fsp3) is 0.278. The van der Waals surface area contributed by atoms with Crippen LogP contribution in [-0.2, 0) is 0 Å². The number of hydrogen-bond acceptors (Lipinski definition) is 3. The number of ether oxygens (including phenoxy) is 1. The van der Waals surface area contributed by atoms with Gasteiger partial charge in [0.1, 0.15) is 12.4 Å². The van der Waals surface area contributed by atoms with E-state index in [2.05, 4.69) is 5.32 Å². The van der Waals surface area contributed by atoms with E-state index in [0.29, 0.717) is 18.7 Å². The Morgan fingerprint density at radius 3 is 2.55 bits per heavy atom. The van der Waals surface area contributed by atoms with Crippen molar-refractivity contribution in [3.8, 4) is 5.75 Å². The van der Waals surface area contributed by atoms with Crippen molar-refractivity contribution in [2.24, 2.45) is 0 Å². The molecule has 2 rings (SSSR count). The second-order valence-electron chi connectivity index (χ2n) is 5.36. The lowest BCUT2D eigenvalue weighted by Gasteiger charge is -2.13. The van der Waals surface area contributed by atoms with Gasteiger partial charge in [-0.25, -0.2) is 0 Å². The predicted molar refractivity (Wildman–Crippen MR) is 89.8 cm³/mol. The summed E-state index contributed by atoms with van der Waals surface area (Å²) < 4.78 is 5.59. The van der Waals surface area contributed by atoms with Crippen LogP contribution in [-0.4, -0.2) is 33.2 Å². The second kappa shape index (κ2) is 7.50. The molecule has 0 spiro atoms. The molecule has 116 valence electrons. The van der Waals surface area contributed by atoms with Gasteiger partial charge in [0.05, 0.1) is 6.54 Å². The molecule has 4 heteroatoms. The quantitative estimate of drug-likeness (QED) is 0.834. The zero-order chi connectivity index (χ0) is 15.9. The summed E-state index contributed by atoms with van der Waals surface area (Å²) >= 11 is 0. The van der Waals surface area contributed by atoms with Gasteiger partial charge in [-0.05, 0) is 37.3 Å². The Morgan fingerprint density at radius 1 is 1.14 bits per heavy atom. The lowest BCUT2D eigenvalue weighted by atomic mass is 10.2. The summed E-state index contributed by atoms with van der Waals surface area (Å²) in [5.41, 5.74) is 2.85. The maximum absolute atomic E-state index is 12.1. The topological polar surface area (TPSA) is 41.6 Å². The van der Waals surface area contributed by atoms with Crippen LogP contribution in [0.2, 0.25) is 0 Å². The van der Waals surface area contributed by atoms with Crippen molar-refractivity contribution in [2.75, 3.05) is 32.1 Å². The highest BCUT2D eigenvalue weighted by Gasteiger charge is 2.06. The van der Waals surface area contributed by atoms with Gasteiger partial charge < -0.3 is 15.0 Å². The largest absolute Gasteiger partial charge is 0.492 e. The summed E-state index contributed by atoms with van der Waals surface area (Å²) in [6.45, 7) is 2.95. The predicted octanol–water partition coefficient (Wildman–Crippen LogP) is 2.87. The van der Waals surface area contributed by atoms with Crippen molar-refractivity contribution < 1.29 is 9.53 Å². The molecule has 0 radical (unpaired) electrons. The molecule has 0 saturated heterocycles. The SMILES string of the molecule is Cc1ccc(OCCNC(=O)c2cccc(N(C)C)c2)cc1. The normalized spacial score (nSPS) is 10.1. The highest BCUT2D eigenvalue weighted by Crippen LogP contribution is 2.13. The molecule has 0 unspecified atom stereocenters. The number of hydrogen-bond donors (Lipinski definition) is 1. The number of carbonyl (C=O) groups is 1. The smallest absolute Gasteiger partial charge is 0.251 e. The van der Waals surface area contributed by atoms with E-state index in [1.807, 2.05) is 74.4 Å². The third-order valence-electron chi connectivity index (χ3n) is 3.30. The zero-order valence-electron chi connectivity index (χ0n) is 13.3. The minimum absolute atomic E-state index is 0.0868. The number of nitrogens with one attached hydrogen (secondary N) is 1. The highest BCUT2D eigenvalue weighted by atomic mass is 16.5. The summed E-state index contributed by atoms with van der Waals surface area (Å²) in [6.07, 6.45) is 0. The van der Waals surface area contributed by atoms with Gasteiger partial charge >= 0.3 is 0 Å². The first-order valence-corrected chi connectivity index (χ1v) is 7.31. The number of anilines is 1. The molecule has 0 atom stereocenters. The van der Waals surface area contributed by atoms with E-state index in [-0.39, 0.29) is 5.91 Å². The Hall–Kier alpha value is -2.49. The van der Waals surface area contributed by atoms with Gasteiger partial charge in [0.2, 0.25) is 0 Å². The molecule has 2 aromatic rings. The molecule has 0 saturated carbocycles. The summed E-state index contributed by atoms with van der Waals surface area (Å²) in [4.78, 5) is 14.1. The highest BCUT2D eigenvalue weighted by molar-refractivity contribution is 5.95. The maximum Gasteiger partial charge on any atom is 0.251 e. The van der Waals surface area contributed by atoms with Crippen molar-refractivity contribution in [1.82, 2.24) is 5.32 Å². The molecule has 1 N–H and O–H groups in total. The van der Waals surface area contributed by atoms with E-state index in [1.54, 1.807) is 0 Å². The first-order chi connectivity index (χ1) is 10.6. The van der Waals surface area contributed by atoms with Gasteiger partial charge in [0.25, 0.3) is 5.91 Å². The first kappa shape index (κ1) is 15.9. The van der Waals surface area contributed by atoms with E-state index in [0.717, 1.165) is 11.4 Å². The monoisotopic (exact) mass is 298 g/mol. The van der Waals surface area contributed by atoms with Crippen molar-refractivity contribution in [1.29, 1.82) is 0 Å². The number of rotatable bonds is 6. The van der Waals surface area contributed by atoms with Gasteiger partial charge in [-0.1, -0.05) is 23.8 Å². The standard InChI is InChI=1S/C18H22N2O2/c1-14-7-9-17(10-8-14)22-12-11-19-18(21)15-5-4-6-16(13-15)20(2)3/h4-10,13H,11-12H2,1-3H3,(H,19,21). The molecule has 0 aliphatic rings. The van der Waals surface area contributed by atoms with Crippen molar-refractivity contribution in [3.05, 3.63) is 59.7 Å². The molecule has 1 amide bonds. The van der Waals surface area contributed by atoms with E-state index in [9.17, 15) is 4.79 Å². The van der Waals surface area contributed by atoms with Gasteiger partial charge in [-0.2, -0.15) is 0 Å². The first-order valence-electron chi connectivity index (χ1n) is 7.31. The van der Waals surface area contributed by atoms with E-state index < -0.39 is 0 Å². The maximum atomic E-state index is 12.1. The molecule has 0 bridgehead atoms. The molecule has 0 fully saturated rings.